The Hall–Kier alpha value is -1.88. The maximum atomic E-state index is 10.1. The third-order valence-electron chi connectivity index (χ3n) is 1.34. The number of hydrogen-bond acceptors (Lipinski definition) is 2. The van der Waals surface area contributed by atoms with E-state index in [0.717, 1.165) is 5.56 Å². The largest absolute Gasteiger partial charge is 0.284 e. The van der Waals surface area contributed by atoms with Gasteiger partial charge in [-0.25, -0.2) is 0 Å². The summed E-state index contributed by atoms with van der Waals surface area (Å²) < 4.78 is 0. The van der Waals surface area contributed by atoms with Gasteiger partial charge in [0.25, 0.3) is 0 Å². The monoisotopic (exact) mass is 156 g/mol. The van der Waals surface area contributed by atoms with Gasteiger partial charge in [0.15, 0.2) is 0 Å². The highest BCUT2D eigenvalue weighted by molar-refractivity contribution is 5.87. The average Bonchev–Trinajstić information content (AvgIpc) is 2.16. The van der Waals surface area contributed by atoms with Crippen LogP contribution in [0.25, 0.3) is 6.08 Å². The molecule has 2 nitrogen and oxygen atoms in total. The fourth-order valence-corrected chi connectivity index (χ4v) is 0.800. The first kappa shape index (κ1) is 8.22. The molecule has 0 spiro atoms. The summed E-state index contributed by atoms with van der Waals surface area (Å²) in [6, 6.07) is 10.9. The Balaban J connectivity index is 2.96. The lowest BCUT2D eigenvalue weighted by atomic mass is 10.1. The van der Waals surface area contributed by atoms with Crippen molar-refractivity contribution in [3.8, 4) is 6.07 Å². The number of nitrogens with zero attached hydrogens (tertiary/aromatic N) is 1. The van der Waals surface area contributed by atoms with Crippen LogP contribution in [0.5, 0.6) is 0 Å². The molecule has 0 saturated carbocycles. The van der Waals surface area contributed by atoms with Crippen molar-refractivity contribution in [3.05, 3.63) is 41.5 Å². The van der Waals surface area contributed by atoms with Crippen LogP contribution in [0.15, 0.2) is 35.9 Å². The zero-order chi connectivity index (χ0) is 8.81. The molecule has 0 aliphatic heterocycles. The second-order valence-corrected chi connectivity index (χ2v) is 2.18. The first-order chi connectivity index (χ1) is 5.86. The van der Waals surface area contributed by atoms with Crippen molar-refractivity contribution in [1.29, 1.82) is 5.26 Å². The fraction of sp³-hybridized carbons (Fsp3) is 0. The van der Waals surface area contributed by atoms with Gasteiger partial charge < -0.3 is 0 Å². The second kappa shape index (κ2) is 4.09. The van der Waals surface area contributed by atoms with E-state index in [-0.39, 0.29) is 5.57 Å². The molecule has 2 heteroatoms. The predicted molar refractivity (Wildman–Crippen MR) is 45.7 cm³/mol. The standard InChI is InChI=1S/C10H6NO/c11-7-10(8-12)6-9-4-2-1-3-5-9/h1-6H. The molecule has 0 saturated heterocycles. The maximum absolute atomic E-state index is 10.1. The summed E-state index contributed by atoms with van der Waals surface area (Å²) in [6.45, 7) is 0. The van der Waals surface area contributed by atoms with Crippen LogP contribution >= 0.6 is 0 Å². The first-order valence-corrected chi connectivity index (χ1v) is 3.42. The Bertz CT molecular complexity index is 333. The lowest BCUT2D eigenvalue weighted by Gasteiger charge is -1.89. The van der Waals surface area contributed by atoms with E-state index < -0.39 is 0 Å². The van der Waals surface area contributed by atoms with Gasteiger partial charge in [-0.3, -0.25) is 4.79 Å². The summed E-state index contributed by atoms with van der Waals surface area (Å²) in [7, 11) is 0. The van der Waals surface area contributed by atoms with Crippen molar-refractivity contribution in [3.63, 3.8) is 0 Å². The van der Waals surface area contributed by atoms with Gasteiger partial charge in [0.2, 0.25) is 6.29 Å². The Kier molecular flexibility index (Phi) is 2.80. The number of nitriles is 1. The predicted octanol–water partition coefficient (Wildman–Crippen LogP) is 1.70. The molecule has 0 aliphatic rings. The number of benzene rings is 1. The molecule has 0 bridgehead atoms. The van der Waals surface area contributed by atoms with Crippen molar-refractivity contribution in [2.24, 2.45) is 0 Å². The maximum Gasteiger partial charge on any atom is 0.244 e. The smallest absolute Gasteiger partial charge is 0.244 e. The Morgan fingerprint density at radius 3 is 2.50 bits per heavy atom. The molecule has 0 atom stereocenters. The number of rotatable bonds is 2. The molecule has 0 amide bonds. The molecule has 0 N–H and O–H groups in total. The van der Waals surface area contributed by atoms with Gasteiger partial charge in [0.1, 0.15) is 11.6 Å². The SMILES string of the molecule is N#CC([C]=O)=Cc1ccccc1. The van der Waals surface area contributed by atoms with Crippen molar-refractivity contribution in [2.45, 2.75) is 0 Å². The van der Waals surface area contributed by atoms with Crippen LogP contribution in [0, 0.1) is 11.3 Å². The molecule has 0 aromatic heterocycles. The third-order valence-corrected chi connectivity index (χ3v) is 1.34. The number of carbonyl (C=O) groups excluding carboxylic acids is 1. The minimum atomic E-state index is 0.0150. The minimum absolute atomic E-state index is 0.0150. The van der Waals surface area contributed by atoms with Crippen LogP contribution in [0.4, 0.5) is 0 Å². The molecule has 1 aromatic rings. The molecule has 0 unspecified atom stereocenters. The van der Waals surface area contributed by atoms with Gasteiger partial charge >= 0.3 is 0 Å². The van der Waals surface area contributed by atoms with Crippen LogP contribution in [-0.2, 0) is 4.79 Å². The van der Waals surface area contributed by atoms with E-state index in [2.05, 4.69) is 0 Å². The van der Waals surface area contributed by atoms with Crippen molar-refractivity contribution in [1.82, 2.24) is 0 Å². The molecule has 0 heterocycles. The molecule has 0 aliphatic carbocycles. The second-order valence-electron chi connectivity index (χ2n) is 2.18. The highest BCUT2D eigenvalue weighted by Gasteiger charge is 1.92. The quantitative estimate of drug-likeness (QED) is 0.483. The van der Waals surface area contributed by atoms with Crippen molar-refractivity contribution >= 4 is 12.4 Å². The lowest BCUT2D eigenvalue weighted by molar-refractivity contribution is 0.563. The van der Waals surface area contributed by atoms with E-state index in [4.69, 9.17) is 5.26 Å². The molecular weight excluding hydrogens is 150 g/mol. The van der Waals surface area contributed by atoms with Crippen molar-refractivity contribution < 1.29 is 4.79 Å². The van der Waals surface area contributed by atoms with Gasteiger partial charge in [-0.1, -0.05) is 30.3 Å². The molecule has 1 radical (unpaired) electrons. The highest BCUT2D eigenvalue weighted by Crippen LogP contribution is 2.03. The zero-order valence-corrected chi connectivity index (χ0v) is 6.32. The molecule has 57 valence electrons. The highest BCUT2D eigenvalue weighted by atomic mass is 16.1. The van der Waals surface area contributed by atoms with Crippen LogP contribution < -0.4 is 0 Å². The third kappa shape index (κ3) is 2.06. The van der Waals surface area contributed by atoms with Crippen LogP contribution in [0.3, 0.4) is 0 Å². The average molecular weight is 156 g/mol. The Labute approximate surface area is 70.8 Å². The van der Waals surface area contributed by atoms with Crippen LogP contribution in [-0.4, -0.2) is 6.29 Å². The van der Waals surface area contributed by atoms with E-state index in [1.807, 2.05) is 30.3 Å². The normalized spacial score (nSPS) is 10.4. The summed E-state index contributed by atoms with van der Waals surface area (Å²) >= 11 is 0. The number of hydrogen-bond donors (Lipinski definition) is 0. The summed E-state index contributed by atoms with van der Waals surface area (Å²) in [4.78, 5) is 10.1. The zero-order valence-electron chi connectivity index (χ0n) is 6.32. The molecule has 1 aromatic carbocycles. The van der Waals surface area contributed by atoms with Crippen LogP contribution in [0.1, 0.15) is 5.56 Å². The van der Waals surface area contributed by atoms with E-state index in [0.29, 0.717) is 0 Å². The topological polar surface area (TPSA) is 40.9 Å². The van der Waals surface area contributed by atoms with E-state index in [1.54, 1.807) is 12.4 Å². The van der Waals surface area contributed by atoms with Gasteiger partial charge in [0, 0.05) is 0 Å². The fourth-order valence-electron chi connectivity index (χ4n) is 0.800. The molecule has 0 fully saturated rings. The summed E-state index contributed by atoms with van der Waals surface area (Å²) in [5, 5.41) is 8.41. The van der Waals surface area contributed by atoms with Gasteiger partial charge in [-0.15, -0.1) is 0 Å². The summed E-state index contributed by atoms with van der Waals surface area (Å²) in [5.41, 5.74) is 0.846. The Morgan fingerprint density at radius 2 is 2.00 bits per heavy atom. The minimum Gasteiger partial charge on any atom is -0.284 e. The Morgan fingerprint density at radius 1 is 1.33 bits per heavy atom. The molecule has 1 rings (SSSR count). The van der Waals surface area contributed by atoms with Gasteiger partial charge in [0.05, 0.1) is 0 Å². The van der Waals surface area contributed by atoms with Crippen molar-refractivity contribution in [2.75, 3.05) is 0 Å². The van der Waals surface area contributed by atoms with Crippen LogP contribution in [0.2, 0.25) is 0 Å². The van der Waals surface area contributed by atoms with Gasteiger partial charge in [-0.2, -0.15) is 5.26 Å². The lowest BCUT2D eigenvalue weighted by Crippen LogP contribution is -1.78. The molecule has 12 heavy (non-hydrogen) atoms. The summed E-state index contributed by atoms with van der Waals surface area (Å²) in [6.07, 6.45) is 3.04. The van der Waals surface area contributed by atoms with Gasteiger partial charge in [-0.05, 0) is 11.6 Å². The van der Waals surface area contributed by atoms with E-state index in [9.17, 15) is 4.79 Å². The van der Waals surface area contributed by atoms with E-state index in [1.165, 1.54) is 6.08 Å². The summed E-state index contributed by atoms with van der Waals surface area (Å²) in [5.74, 6) is 0. The first-order valence-electron chi connectivity index (χ1n) is 3.42. The molecular formula is C10H6NO. The number of allylic oxidation sites excluding steroid dienone is 1. The van der Waals surface area contributed by atoms with E-state index >= 15 is 0 Å².